The Balaban J connectivity index is 2.98. The van der Waals surface area contributed by atoms with Crippen LogP contribution in [0.5, 0.6) is 0 Å². The average molecular weight is 232 g/mol. The number of rotatable bonds is 3. The molecule has 5 heteroatoms. The first-order chi connectivity index (χ1) is 7.36. The van der Waals surface area contributed by atoms with E-state index < -0.39 is 23.6 Å². The lowest BCUT2D eigenvalue weighted by molar-refractivity contribution is -0.139. The van der Waals surface area contributed by atoms with Crippen molar-refractivity contribution in [2.24, 2.45) is 0 Å². The summed E-state index contributed by atoms with van der Waals surface area (Å²) in [5.41, 5.74) is -0.375. The number of hydrogen-bond acceptors (Lipinski definition) is 1. The second kappa shape index (κ2) is 4.55. The first-order valence-electron chi connectivity index (χ1n) is 4.76. The second-order valence-electron chi connectivity index (χ2n) is 3.42. The summed E-state index contributed by atoms with van der Waals surface area (Å²) in [5, 5.41) is 8.83. The van der Waals surface area contributed by atoms with E-state index in [4.69, 9.17) is 5.11 Å². The van der Waals surface area contributed by atoms with Crippen molar-refractivity contribution in [3.05, 3.63) is 35.4 Å². The summed E-state index contributed by atoms with van der Waals surface area (Å²) in [7, 11) is 0. The van der Waals surface area contributed by atoms with Gasteiger partial charge in [-0.15, -0.1) is 0 Å². The van der Waals surface area contributed by atoms with Gasteiger partial charge in [-0.3, -0.25) is 4.79 Å². The van der Waals surface area contributed by atoms with Crippen LogP contribution in [-0.2, 0) is 11.0 Å². The number of carboxylic acid groups (broad SMARTS) is 1. The normalized spacial score (nSPS) is 13.5. The minimum Gasteiger partial charge on any atom is -0.481 e. The number of alkyl halides is 3. The van der Waals surface area contributed by atoms with Crippen LogP contribution in [0.2, 0.25) is 0 Å². The fraction of sp³-hybridized carbons (Fsp3) is 0.364. The van der Waals surface area contributed by atoms with E-state index in [1.54, 1.807) is 6.92 Å². The lowest BCUT2D eigenvalue weighted by Crippen LogP contribution is -2.11. The average Bonchev–Trinajstić information content (AvgIpc) is 2.17. The summed E-state index contributed by atoms with van der Waals surface area (Å²) in [5.74, 6) is -1.77. The van der Waals surface area contributed by atoms with Crippen LogP contribution < -0.4 is 0 Å². The van der Waals surface area contributed by atoms with Crippen LogP contribution >= 0.6 is 0 Å². The van der Waals surface area contributed by atoms with Gasteiger partial charge >= 0.3 is 12.1 Å². The van der Waals surface area contributed by atoms with Crippen LogP contribution in [0.1, 0.15) is 30.4 Å². The molecular weight excluding hydrogens is 221 g/mol. The fourth-order valence-electron chi connectivity index (χ4n) is 1.46. The molecule has 0 aliphatic heterocycles. The molecule has 1 N–H and O–H groups in total. The Labute approximate surface area is 90.7 Å². The van der Waals surface area contributed by atoms with E-state index in [2.05, 4.69) is 0 Å². The molecule has 0 amide bonds. The Bertz CT molecular complexity index is 368. The van der Waals surface area contributed by atoms with Crippen molar-refractivity contribution in [2.45, 2.75) is 25.4 Å². The van der Waals surface area contributed by atoms with Crippen LogP contribution in [0.15, 0.2) is 24.3 Å². The maximum Gasteiger partial charge on any atom is 0.416 e. The number of halogens is 3. The van der Waals surface area contributed by atoms with Gasteiger partial charge < -0.3 is 5.11 Å². The summed E-state index contributed by atoms with van der Waals surface area (Å²) in [6, 6.07) is 4.23. The van der Waals surface area contributed by atoms with E-state index in [9.17, 15) is 18.0 Å². The Morgan fingerprint density at radius 2 is 1.81 bits per heavy atom. The highest BCUT2D eigenvalue weighted by molar-refractivity contribution is 5.75. The minimum atomic E-state index is -4.39. The maximum atomic E-state index is 12.2. The van der Waals surface area contributed by atoms with Crippen molar-refractivity contribution in [1.29, 1.82) is 0 Å². The number of carboxylic acids is 1. The third-order valence-corrected chi connectivity index (χ3v) is 2.35. The lowest BCUT2D eigenvalue weighted by atomic mass is 9.96. The first-order valence-corrected chi connectivity index (χ1v) is 4.76. The van der Waals surface area contributed by atoms with Crippen molar-refractivity contribution in [3.8, 4) is 0 Å². The highest BCUT2D eigenvalue weighted by Gasteiger charge is 2.30. The zero-order chi connectivity index (χ0) is 12.3. The van der Waals surface area contributed by atoms with Gasteiger partial charge in [0.15, 0.2) is 0 Å². The zero-order valence-electron chi connectivity index (χ0n) is 8.58. The van der Waals surface area contributed by atoms with E-state index >= 15 is 0 Å². The number of benzene rings is 1. The Morgan fingerprint density at radius 1 is 1.31 bits per heavy atom. The van der Waals surface area contributed by atoms with E-state index in [1.807, 2.05) is 0 Å². The highest BCUT2D eigenvalue weighted by Crippen LogP contribution is 2.30. The topological polar surface area (TPSA) is 37.3 Å². The molecule has 0 unspecified atom stereocenters. The minimum absolute atomic E-state index is 0.348. The molecule has 0 aliphatic carbocycles. The predicted octanol–water partition coefficient (Wildman–Crippen LogP) is 3.28. The zero-order valence-corrected chi connectivity index (χ0v) is 8.58. The summed E-state index contributed by atoms with van der Waals surface area (Å²) in [6.45, 7) is 1.68. The molecule has 1 rings (SSSR count). The summed E-state index contributed by atoms with van der Waals surface area (Å²) < 4.78 is 36.7. The number of hydrogen-bond donors (Lipinski definition) is 1. The number of aliphatic carboxylic acids is 1. The Kier molecular flexibility index (Phi) is 3.57. The van der Waals surface area contributed by atoms with Crippen molar-refractivity contribution in [1.82, 2.24) is 0 Å². The van der Waals surface area contributed by atoms with Gasteiger partial charge in [-0.05, 0) is 24.1 Å². The summed E-state index contributed by atoms with van der Waals surface area (Å²) in [6.07, 6.45) is -4.04. The standard InChI is InChI=1S/C11H11F3O2/c1-2-9(10(15)16)7-3-5-8(6-4-7)11(12,13)14/h3-6,9H,2H2,1H3,(H,15,16)/t9-/m0/s1. The highest BCUT2D eigenvalue weighted by atomic mass is 19.4. The molecule has 0 spiro atoms. The van der Waals surface area contributed by atoms with E-state index in [-0.39, 0.29) is 0 Å². The van der Waals surface area contributed by atoms with Crippen LogP contribution in [0.3, 0.4) is 0 Å². The molecule has 1 aromatic carbocycles. The molecule has 88 valence electrons. The molecule has 2 nitrogen and oxygen atoms in total. The lowest BCUT2D eigenvalue weighted by Gasteiger charge is -2.11. The molecular formula is C11H11F3O2. The van der Waals surface area contributed by atoms with E-state index in [0.717, 1.165) is 12.1 Å². The maximum absolute atomic E-state index is 12.2. The van der Waals surface area contributed by atoms with Crippen LogP contribution in [0.4, 0.5) is 13.2 Å². The quantitative estimate of drug-likeness (QED) is 0.868. The molecule has 0 radical (unpaired) electrons. The molecule has 16 heavy (non-hydrogen) atoms. The van der Waals surface area contributed by atoms with Crippen molar-refractivity contribution >= 4 is 5.97 Å². The first kappa shape index (κ1) is 12.5. The number of carbonyl (C=O) groups is 1. The van der Waals surface area contributed by atoms with Gasteiger partial charge in [0.1, 0.15) is 0 Å². The van der Waals surface area contributed by atoms with Gasteiger partial charge in [0, 0.05) is 0 Å². The van der Waals surface area contributed by atoms with Gasteiger partial charge in [-0.2, -0.15) is 13.2 Å². The monoisotopic (exact) mass is 232 g/mol. The molecule has 1 aromatic rings. The molecule has 0 fully saturated rings. The third kappa shape index (κ3) is 2.74. The van der Waals surface area contributed by atoms with Crippen LogP contribution in [0.25, 0.3) is 0 Å². The van der Waals surface area contributed by atoms with Gasteiger partial charge in [0.05, 0.1) is 11.5 Å². The smallest absolute Gasteiger partial charge is 0.416 e. The van der Waals surface area contributed by atoms with Gasteiger partial charge in [0.25, 0.3) is 0 Å². The van der Waals surface area contributed by atoms with Crippen molar-refractivity contribution < 1.29 is 23.1 Å². The van der Waals surface area contributed by atoms with Gasteiger partial charge in [-0.1, -0.05) is 19.1 Å². The molecule has 0 bridgehead atoms. The molecule has 0 aliphatic rings. The molecule has 1 atom stereocenters. The predicted molar refractivity (Wildman–Crippen MR) is 52.1 cm³/mol. The van der Waals surface area contributed by atoms with Crippen LogP contribution in [-0.4, -0.2) is 11.1 Å². The largest absolute Gasteiger partial charge is 0.481 e. The molecule has 0 saturated carbocycles. The molecule has 0 aromatic heterocycles. The molecule has 0 heterocycles. The summed E-state index contributed by atoms with van der Waals surface area (Å²) in [4.78, 5) is 10.8. The molecule has 0 saturated heterocycles. The van der Waals surface area contributed by atoms with Gasteiger partial charge in [-0.25, -0.2) is 0 Å². The Morgan fingerprint density at radius 3 is 2.12 bits per heavy atom. The van der Waals surface area contributed by atoms with Crippen molar-refractivity contribution in [3.63, 3.8) is 0 Å². The van der Waals surface area contributed by atoms with Crippen LogP contribution in [0, 0.1) is 0 Å². The SMILES string of the molecule is CC[C@H](C(=O)O)c1ccc(C(F)(F)F)cc1. The second-order valence-corrected chi connectivity index (χ2v) is 3.42. The third-order valence-electron chi connectivity index (χ3n) is 2.35. The van der Waals surface area contributed by atoms with Gasteiger partial charge in [0.2, 0.25) is 0 Å². The summed E-state index contributed by atoms with van der Waals surface area (Å²) >= 11 is 0. The fourth-order valence-corrected chi connectivity index (χ4v) is 1.46. The van der Waals surface area contributed by atoms with E-state index in [1.165, 1.54) is 12.1 Å². The Hall–Kier alpha value is -1.52. The van der Waals surface area contributed by atoms with E-state index in [0.29, 0.717) is 12.0 Å². The van der Waals surface area contributed by atoms with Crippen molar-refractivity contribution in [2.75, 3.05) is 0 Å².